The van der Waals surface area contributed by atoms with E-state index in [2.05, 4.69) is 158 Å². The van der Waals surface area contributed by atoms with Gasteiger partial charge in [-0.05, 0) is 79.1 Å². The molecule has 0 saturated heterocycles. The molecule has 1 unspecified atom stereocenters. The van der Waals surface area contributed by atoms with Crippen LogP contribution in [-0.2, 0) is 0 Å². The Bertz CT molecular complexity index is 1960. The van der Waals surface area contributed by atoms with Crippen molar-refractivity contribution in [2.24, 2.45) is 10.4 Å². The highest BCUT2D eigenvalue weighted by molar-refractivity contribution is 6.17. The van der Waals surface area contributed by atoms with Crippen LogP contribution in [-0.4, -0.2) is 10.5 Å². The minimum Gasteiger partial charge on any atom is -0.381 e. The van der Waals surface area contributed by atoms with Gasteiger partial charge in [-0.15, -0.1) is 0 Å². The predicted octanol–water partition coefficient (Wildman–Crippen LogP) is 10.3. The molecule has 0 spiro atoms. The third-order valence-electron chi connectivity index (χ3n) is 8.36. The van der Waals surface area contributed by atoms with Crippen molar-refractivity contribution in [3.05, 3.63) is 162 Å². The fraction of sp³-hybridized carbons (Fsp3) is 0.103. The molecule has 0 fully saturated rings. The molecule has 6 aromatic rings. The van der Waals surface area contributed by atoms with Crippen LogP contribution < -0.4 is 0 Å². The van der Waals surface area contributed by atoms with Gasteiger partial charge in [0.1, 0.15) is 0 Å². The van der Waals surface area contributed by atoms with Crippen LogP contribution in [0.2, 0.25) is 0 Å². The van der Waals surface area contributed by atoms with Crippen molar-refractivity contribution in [1.29, 1.82) is 0 Å². The molecule has 202 valence electrons. The van der Waals surface area contributed by atoms with Crippen LogP contribution >= 0.6 is 0 Å². The highest BCUT2D eigenvalue weighted by atomic mass is 15.2. The predicted molar refractivity (Wildman–Crippen MR) is 176 cm³/mol. The molecule has 2 aliphatic rings. The van der Waals surface area contributed by atoms with Gasteiger partial charge in [-0.25, -0.2) is 0 Å². The minimum absolute atomic E-state index is 0.0997. The Kier molecular flexibility index (Phi) is 5.55. The molecule has 0 amide bonds. The van der Waals surface area contributed by atoms with Crippen LogP contribution in [0.5, 0.6) is 0 Å². The quantitative estimate of drug-likeness (QED) is 0.214. The largest absolute Gasteiger partial charge is 0.381 e. The minimum atomic E-state index is -0.184. The molecular formula is C39H30N3-. The Morgan fingerprint density at radius 1 is 0.595 bits per heavy atom. The smallest absolute Gasteiger partial charge is 0.0429 e. The first kappa shape index (κ1) is 24.6. The van der Waals surface area contributed by atoms with Crippen molar-refractivity contribution < 1.29 is 0 Å². The first-order chi connectivity index (χ1) is 20.5. The molecular weight excluding hydrogens is 510 g/mol. The van der Waals surface area contributed by atoms with E-state index in [-0.39, 0.29) is 11.5 Å². The zero-order valence-electron chi connectivity index (χ0n) is 23.7. The number of para-hydroxylation sites is 2. The maximum Gasteiger partial charge on any atom is 0.0429 e. The van der Waals surface area contributed by atoms with Gasteiger partial charge in [-0.2, -0.15) is 0 Å². The number of allylic oxidation sites excluding steroid dienone is 2. The lowest BCUT2D eigenvalue weighted by Gasteiger charge is -2.36. The lowest BCUT2D eigenvalue weighted by atomic mass is 9.89. The summed E-state index contributed by atoms with van der Waals surface area (Å²) in [5.41, 5.74) is 10.3. The number of aliphatic imine (C=N–C) groups is 1. The average molecular weight is 541 g/mol. The third-order valence-corrected chi connectivity index (χ3v) is 8.36. The first-order valence-corrected chi connectivity index (χ1v) is 14.5. The molecule has 0 radical (unpaired) electrons. The van der Waals surface area contributed by atoms with Gasteiger partial charge in [-0.1, -0.05) is 135 Å². The van der Waals surface area contributed by atoms with Gasteiger partial charge >= 0.3 is 0 Å². The molecule has 3 nitrogen and oxygen atoms in total. The highest BCUT2D eigenvalue weighted by Crippen LogP contribution is 2.48. The van der Waals surface area contributed by atoms with Gasteiger partial charge in [0.2, 0.25) is 0 Å². The molecule has 5 aromatic carbocycles. The Hall–Kier alpha value is -5.15. The van der Waals surface area contributed by atoms with E-state index in [9.17, 15) is 0 Å². The van der Waals surface area contributed by atoms with Crippen molar-refractivity contribution in [3.63, 3.8) is 0 Å². The molecule has 1 aliphatic carbocycles. The van der Waals surface area contributed by atoms with Crippen LogP contribution in [0.4, 0.5) is 0 Å². The number of hydrogen-bond donors (Lipinski definition) is 0. The standard InChI is InChI=1S/C39H30N3/c1-39(2)24-33-34(25-39)40-38(42-35-19-11-9-17-31(35)32-18-10-12-20-36(32)42)41-37(33)30-22-28(26-13-5-3-6-14-26)21-29(23-30)27-15-7-4-8-16-27/h3-25,37H,1-2H3/q-1. The van der Waals surface area contributed by atoms with Gasteiger partial charge in [0.15, 0.2) is 0 Å². The molecule has 1 aliphatic heterocycles. The summed E-state index contributed by atoms with van der Waals surface area (Å²) in [4.78, 5) is 5.22. The van der Waals surface area contributed by atoms with E-state index in [1.807, 2.05) is 0 Å². The van der Waals surface area contributed by atoms with Gasteiger partial charge in [0.05, 0.1) is 0 Å². The number of rotatable bonds is 3. The average Bonchev–Trinajstić information content (AvgIpc) is 3.54. The molecule has 0 saturated carbocycles. The summed E-state index contributed by atoms with van der Waals surface area (Å²) >= 11 is 0. The van der Waals surface area contributed by atoms with E-state index in [1.54, 1.807) is 0 Å². The summed E-state index contributed by atoms with van der Waals surface area (Å²) in [5, 5.41) is 7.90. The van der Waals surface area contributed by atoms with E-state index in [1.165, 1.54) is 44.2 Å². The summed E-state index contributed by atoms with van der Waals surface area (Å²) in [6.45, 7) is 4.49. The van der Waals surface area contributed by atoms with Gasteiger partial charge < -0.3 is 14.9 Å². The summed E-state index contributed by atoms with van der Waals surface area (Å²) in [7, 11) is 0. The van der Waals surface area contributed by atoms with Crippen LogP contribution in [0.15, 0.2) is 156 Å². The van der Waals surface area contributed by atoms with Crippen molar-refractivity contribution in [2.45, 2.75) is 19.9 Å². The molecule has 1 atom stereocenters. The van der Waals surface area contributed by atoms with Gasteiger partial charge in [0.25, 0.3) is 0 Å². The first-order valence-electron chi connectivity index (χ1n) is 14.5. The topological polar surface area (TPSA) is 31.4 Å². The summed E-state index contributed by atoms with van der Waals surface area (Å²) < 4.78 is 2.24. The van der Waals surface area contributed by atoms with E-state index < -0.39 is 0 Å². The Labute approximate surface area is 246 Å². The Morgan fingerprint density at radius 2 is 1.12 bits per heavy atom. The summed E-state index contributed by atoms with van der Waals surface area (Å²) in [5.74, 6) is 0.727. The fourth-order valence-electron chi connectivity index (χ4n) is 6.49. The molecule has 0 N–H and O–H groups in total. The molecule has 2 heterocycles. The van der Waals surface area contributed by atoms with Crippen LogP contribution in [0.25, 0.3) is 49.4 Å². The number of aromatic nitrogens is 1. The lowest BCUT2D eigenvalue weighted by Crippen LogP contribution is -2.20. The van der Waals surface area contributed by atoms with Gasteiger partial charge in [0, 0.05) is 17.4 Å². The van der Waals surface area contributed by atoms with Gasteiger partial charge in [-0.3, -0.25) is 0 Å². The second-order valence-electron chi connectivity index (χ2n) is 11.8. The van der Waals surface area contributed by atoms with Crippen molar-refractivity contribution in [3.8, 4) is 22.3 Å². The number of benzene rings is 5. The molecule has 1 aromatic heterocycles. The SMILES string of the molecule is CC1(C)C=C2N=C(n3c4ccccc4c4ccccc43)[N-]C(c3cc(-c4ccccc4)cc(-c4ccccc4)c3)C2=C1. The van der Waals surface area contributed by atoms with E-state index in [0.29, 0.717) is 0 Å². The second-order valence-corrected chi connectivity index (χ2v) is 11.8. The van der Waals surface area contributed by atoms with Crippen LogP contribution in [0, 0.1) is 5.41 Å². The summed E-state index contributed by atoms with van der Waals surface area (Å²) in [6.07, 6.45) is 4.64. The fourth-order valence-corrected chi connectivity index (χ4v) is 6.49. The third kappa shape index (κ3) is 4.09. The van der Waals surface area contributed by atoms with Crippen molar-refractivity contribution in [1.82, 2.24) is 4.57 Å². The Morgan fingerprint density at radius 3 is 1.69 bits per heavy atom. The lowest BCUT2D eigenvalue weighted by molar-refractivity contribution is 0.632. The number of nitrogens with zero attached hydrogens (tertiary/aromatic N) is 3. The summed E-state index contributed by atoms with van der Waals surface area (Å²) in [6, 6.07) is 45.1. The van der Waals surface area contributed by atoms with Crippen molar-refractivity contribution in [2.75, 3.05) is 0 Å². The normalized spacial score (nSPS) is 17.4. The van der Waals surface area contributed by atoms with Crippen LogP contribution in [0.3, 0.4) is 0 Å². The maximum atomic E-state index is 5.48. The van der Waals surface area contributed by atoms with E-state index in [4.69, 9.17) is 10.3 Å². The zero-order valence-corrected chi connectivity index (χ0v) is 23.7. The molecule has 3 heteroatoms. The molecule has 42 heavy (non-hydrogen) atoms. The molecule has 8 rings (SSSR count). The van der Waals surface area contributed by atoms with E-state index in [0.717, 1.165) is 22.7 Å². The molecule has 0 bridgehead atoms. The van der Waals surface area contributed by atoms with Crippen molar-refractivity contribution >= 4 is 27.8 Å². The van der Waals surface area contributed by atoms with E-state index >= 15 is 0 Å². The maximum absolute atomic E-state index is 5.48. The Balaban J connectivity index is 1.35. The van der Waals surface area contributed by atoms with Crippen LogP contribution in [0.1, 0.15) is 25.5 Å². The zero-order chi connectivity index (χ0) is 28.3. The highest BCUT2D eigenvalue weighted by Gasteiger charge is 2.30. The number of fused-ring (bicyclic) bond motifs is 4. The number of hydrogen-bond acceptors (Lipinski definition) is 1. The second kappa shape index (κ2) is 9.46. The monoisotopic (exact) mass is 540 g/mol.